The van der Waals surface area contributed by atoms with Crippen molar-refractivity contribution >= 4 is 5.91 Å². The summed E-state index contributed by atoms with van der Waals surface area (Å²) in [6.45, 7) is 4.10. The van der Waals surface area contributed by atoms with Crippen LogP contribution in [-0.4, -0.2) is 5.91 Å². The fraction of sp³-hybridized carbons (Fsp3) is 0.893. The van der Waals surface area contributed by atoms with Gasteiger partial charge in [-0.2, -0.15) is 0 Å². The molecular formula is C28H55NO. The molecule has 0 aromatic heterocycles. The predicted octanol–water partition coefficient (Wildman–Crippen LogP) is 9.41. The van der Waals surface area contributed by atoms with Crippen molar-refractivity contribution in [2.45, 2.75) is 162 Å². The summed E-state index contributed by atoms with van der Waals surface area (Å²) in [6.07, 6.45) is 34.2. The molecule has 0 unspecified atom stereocenters. The Labute approximate surface area is 189 Å². The third-order valence-corrected chi connectivity index (χ3v) is 6.40. The van der Waals surface area contributed by atoms with Gasteiger partial charge in [-0.05, 0) is 19.8 Å². The fourth-order valence-electron chi connectivity index (χ4n) is 4.17. The molecule has 0 aliphatic rings. The van der Waals surface area contributed by atoms with Crippen LogP contribution in [0.15, 0.2) is 11.6 Å². The molecule has 2 N–H and O–H groups in total. The molecule has 0 aromatic rings. The van der Waals surface area contributed by atoms with E-state index in [-0.39, 0.29) is 5.91 Å². The Morgan fingerprint density at radius 1 is 0.533 bits per heavy atom. The van der Waals surface area contributed by atoms with E-state index in [0.29, 0.717) is 5.57 Å². The Balaban J connectivity index is 3.08. The van der Waals surface area contributed by atoms with Crippen LogP contribution in [0.5, 0.6) is 0 Å². The van der Waals surface area contributed by atoms with Gasteiger partial charge in [-0.25, -0.2) is 0 Å². The molecule has 0 saturated carbocycles. The highest BCUT2D eigenvalue weighted by Gasteiger charge is 1.97. The Bertz CT molecular complexity index is 388. The summed E-state index contributed by atoms with van der Waals surface area (Å²) in [5, 5.41) is 0. The second-order valence-corrected chi connectivity index (χ2v) is 9.46. The maximum atomic E-state index is 10.9. The number of hydrogen-bond acceptors (Lipinski definition) is 1. The van der Waals surface area contributed by atoms with Crippen molar-refractivity contribution in [3.63, 3.8) is 0 Å². The minimum atomic E-state index is -0.284. The molecule has 0 radical (unpaired) electrons. The molecule has 0 saturated heterocycles. The molecule has 1 amide bonds. The number of carbonyl (C=O) groups excluding carboxylic acids is 1. The Hall–Kier alpha value is -0.790. The molecule has 178 valence electrons. The number of carbonyl (C=O) groups is 1. The lowest BCUT2D eigenvalue weighted by molar-refractivity contribution is -0.114. The average Bonchev–Trinajstić information content (AvgIpc) is 2.74. The topological polar surface area (TPSA) is 43.1 Å². The van der Waals surface area contributed by atoms with E-state index in [2.05, 4.69) is 6.92 Å². The molecule has 0 heterocycles. The third-order valence-electron chi connectivity index (χ3n) is 6.40. The van der Waals surface area contributed by atoms with Crippen molar-refractivity contribution < 1.29 is 4.79 Å². The van der Waals surface area contributed by atoms with Crippen LogP contribution in [0.25, 0.3) is 0 Å². The second-order valence-electron chi connectivity index (χ2n) is 9.46. The standard InChI is InChI=1S/C28H55NO/c1-3-4-5-6-7-8-9-10-11-12-13-14-15-16-17-18-19-20-21-22-23-24-25-26-27(2)28(29)30/h26H,3-25H2,1-2H3,(H2,29,30)/b27-26+. The van der Waals surface area contributed by atoms with Gasteiger partial charge in [0.05, 0.1) is 0 Å². The van der Waals surface area contributed by atoms with E-state index in [1.165, 1.54) is 141 Å². The van der Waals surface area contributed by atoms with Crippen LogP contribution in [0.4, 0.5) is 0 Å². The SMILES string of the molecule is CCCCCCCCCCCCCCCCCCCCCCCC/C=C(\C)C(N)=O. The van der Waals surface area contributed by atoms with Crippen molar-refractivity contribution in [3.05, 3.63) is 11.6 Å². The number of unbranched alkanes of at least 4 members (excludes halogenated alkanes) is 22. The van der Waals surface area contributed by atoms with Gasteiger partial charge in [-0.3, -0.25) is 4.79 Å². The van der Waals surface area contributed by atoms with E-state index in [0.717, 1.165) is 6.42 Å². The van der Waals surface area contributed by atoms with E-state index < -0.39 is 0 Å². The highest BCUT2D eigenvalue weighted by Crippen LogP contribution is 2.15. The van der Waals surface area contributed by atoms with Crippen LogP contribution in [-0.2, 0) is 4.79 Å². The van der Waals surface area contributed by atoms with Gasteiger partial charge in [-0.15, -0.1) is 0 Å². The Morgan fingerprint density at radius 3 is 1.07 bits per heavy atom. The monoisotopic (exact) mass is 421 g/mol. The van der Waals surface area contributed by atoms with Gasteiger partial charge in [0.25, 0.3) is 0 Å². The molecular weight excluding hydrogens is 366 g/mol. The lowest BCUT2D eigenvalue weighted by Crippen LogP contribution is -2.11. The van der Waals surface area contributed by atoms with Gasteiger partial charge < -0.3 is 5.73 Å². The molecule has 0 bridgehead atoms. The highest BCUT2D eigenvalue weighted by molar-refractivity contribution is 5.91. The van der Waals surface area contributed by atoms with E-state index in [9.17, 15) is 4.79 Å². The number of nitrogens with two attached hydrogens (primary N) is 1. The summed E-state index contributed by atoms with van der Waals surface area (Å²) < 4.78 is 0. The van der Waals surface area contributed by atoms with Crippen molar-refractivity contribution in [3.8, 4) is 0 Å². The quantitative estimate of drug-likeness (QED) is 0.122. The van der Waals surface area contributed by atoms with Crippen molar-refractivity contribution in [1.82, 2.24) is 0 Å². The minimum absolute atomic E-state index is 0.284. The van der Waals surface area contributed by atoms with Gasteiger partial charge >= 0.3 is 0 Å². The number of rotatable bonds is 24. The Morgan fingerprint density at radius 2 is 0.800 bits per heavy atom. The Kier molecular flexibility index (Phi) is 23.8. The first kappa shape index (κ1) is 29.2. The van der Waals surface area contributed by atoms with Crippen LogP contribution in [0.2, 0.25) is 0 Å². The van der Waals surface area contributed by atoms with Crippen LogP contribution < -0.4 is 5.73 Å². The average molecular weight is 422 g/mol. The molecule has 0 aliphatic carbocycles. The van der Waals surface area contributed by atoms with Crippen LogP contribution in [0.1, 0.15) is 162 Å². The molecule has 0 aromatic carbocycles. The normalized spacial score (nSPS) is 11.9. The largest absolute Gasteiger partial charge is 0.366 e. The first-order valence-electron chi connectivity index (χ1n) is 13.6. The smallest absolute Gasteiger partial charge is 0.244 e. The predicted molar refractivity (Wildman–Crippen MR) is 135 cm³/mol. The zero-order chi connectivity index (χ0) is 22.1. The molecule has 2 nitrogen and oxygen atoms in total. The van der Waals surface area contributed by atoms with Crippen molar-refractivity contribution in [1.29, 1.82) is 0 Å². The minimum Gasteiger partial charge on any atom is -0.366 e. The first-order chi connectivity index (χ1) is 14.7. The zero-order valence-corrected chi connectivity index (χ0v) is 20.8. The summed E-state index contributed by atoms with van der Waals surface area (Å²) in [5.41, 5.74) is 5.93. The molecule has 0 spiro atoms. The molecule has 0 atom stereocenters. The van der Waals surface area contributed by atoms with Gasteiger partial charge in [0.1, 0.15) is 0 Å². The van der Waals surface area contributed by atoms with E-state index in [1.807, 2.05) is 6.08 Å². The zero-order valence-electron chi connectivity index (χ0n) is 20.8. The molecule has 0 fully saturated rings. The summed E-state index contributed by atoms with van der Waals surface area (Å²) in [6, 6.07) is 0. The highest BCUT2D eigenvalue weighted by atomic mass is 16.1. The number of amides is 1. The maximum absolute atomic E-state index is 10.9. The van der Waals surface area contributed by atoms with E-state index >= 15 is 0 Å². The number of primary amides is 1. The molecule has 0 rings (SSSR count). The van der Waals surface area contributed by atoms with Gasteiger partial charge in [-0.1, -0.05) is 148 Å². The lowest BCUT2D eigenvalue weighted by atomic mass is 10.0. The fourth-order valence-corrected chi connectivity index (χ4v) is 4.17. The van der Waals surface area contributed by atoms with E-state index in [1.54, 1.807) is 6.92 Å². The van der Waals surface area contributed by atoms with Gasteiger partial charge in [0.15, 0.2) is 0 Å². The summed E-state index contributed by atoms with van der Waals surface area (Å²) in [7, 11) is 0. The number of hydrogen-bond donors (Lipinski definition) is 1. The first-order valence-corrected chi connectivity index (χ1v) is 13.6. The molecule has 30 heavy (non-hydrogen) atoms. The van der Waals surface area contributed by atoms with Crippen LogP contribution in [0, 0.1) is 0 Å². The molecule has 0 aliphatic heterocycles. The third kappa shape index (κ3) is 23.5. The second kappa shape index (κ2) is 24.5. The van der Waals surface area contributed by atoms with Crippen LogP contribution >= 0.6 is 0 Å². The van der Waals surface area contributed by atoms with Gasteiger partial charge in [0, 0.05) is 5.57 Å². The molecule has 2 heteroatoms. The number of allylic oxidation sites excluding steroid dienone is 1. The summed E-state index contributed by atoms with van der Waals surface area (Å²) >= 11 is 0. The summed E-state index contributed by atoms with van der Waals surface area (Å²) in [4.78, 5) is 10.9. The van der Waals surface area contributed by atoms with Crippen molar-refractivity contribution in [2.75, 3.05) is 0 Å². The summed E-state index contributed by atoms with van der Waals surface area (Å²) in [5.74, 6) is -0.284. The maximum Gasteiger partial charge on any atom is 0.244 e. The lowest BCUT2D eigenvalue weighted by Gasteiger charge is -2.04. The van der Waals surface area contributed by atoms with Crippen LogP contribution in [0.3, 0.4) is 0 Å². The van der Waals surface area contributed by atoms with E-state index in [4.69, 9.17) is 5.73 Å². The van der Waals surface area contributed by atoms with Gasteiger partial charge in [0.2, 0.25) is 5.91 Å². The van der Waals surface area contributed by atoms with Crippen molar-refractivity contribution in [2.24, 2.45) is 5.73 Å².